The third kappa shape index (κ3) is 3.62. The highest BCUT2D eigenvalue weighted by molar-refractivity contribution is 6.02. The predicted molar refractivity (Wildman–Crippen MR) is 79.3 cm³/mol. The second-order valence-electron chi connectivity index (χ2n) is 4.63. The van der Waals surface area contributed by atoms with E-state index in [1.54, 1.807) is 51.1 Å². The van der Waals surface area contributed by atoms with E-state index in [0.29, 0.717) is 22.7 Å². The van der Waals surface area contributed by atoms with Gasteiger partial charge in [0.2, 0.25) is 5.82 Å². The normalized spacial score (nSPS) is 11.3. The summed E-state index contributed by atoms with van der Waals surface area (Å²) in [6, 6.07) is 8.56. The summed E-state index contributed by atoms with van der Waals surface area (Å²) < 4.78 is 0. The van der Waals surface area contributed by atoms with Crippen molar-refractivity contribution in [3.63, 3.8) is 0 Å². The highest BCUT2D eigenvalue weighted by atomic mass is 16.3. The average Bonchev–Trinajstić information content (AvgIpc) is 2.43. The Morgan fingerprint density at radius 1 is 1.19 bits per heavy atom. The van der Waals surface area contributed by atoms with Gasteiger partial charge in [-0.25, -0.2) is 15.4 Å². The molecule has 108 valence electrons. The van der Waals surface area contributed by atoms with E-state index in [2.05, 4.69) is 20.5 Å². The van der Waals surface area contributed by atoms with Crippen LogP contribution in [-0.2, 0) is 0 Å². The number of nitrogens with one attached hydrogen (secondary N) is 1. The molecule has 0 aliphatic carbocycles. The van der Waals surface area contributed by atoms with Crippen molar-refractivity contribution in [3.05, 3.63) is 53.1 Å². The largest absolute Gasteiger partial charge is 0.507 e. The standard InChI is InChI=1S/C15H16N4O2/c1-9-8-10(2)17-14(16-9)15(21)19-18-11(3)12-6-4-5-7-13(12)20/h4-8,20H,1-3H3,(H,19,21)/b18-11-. The zero-order chi connectivity index (χ0) is 15.4. The van der Waals surface area contributed by atoms with Gasteiger partial charge in [-0.1, -0.05) is 12.1 Å². The Hall–Kier alpha value is -2.76. The van der Waals surface area contributed by atoms with E-state index in [9.17, 15) is 9.90 Å². The van der Waals surface area contributed by atoms with Crippen LogP contribution in [0.5, 0.6) is 5.75 Å². The minimum atomic E-state index is -0.489. The number of nitrogens with zero attached hydrogens (tertiary/aromatic N) is 3. The van der Waals surface area contributed by atoms with E-state index in [1.807, 2.05) is 0 Å². The van der Waals surface area contributed by atoms with E-state index in [-0.39, 0.29) is 11.6 Å². The number of hydrogen-bond donors (Lipinski definition) is 2. The van der Waals surface area contributed by atoms with Gasteiger partial charge in [0.15, 0.2) is 0 Å². The zero-order valence-corrected chi connectivity index (χ0v) is 12.1. The molecule has 6 nitrogen and oxygen atoms in total. The van der Waals surface area contributed by atoms with Crippen LogP contribution in [0.25, 0.3) is 0 Å². The lowest BCUT2D eigenvalue weighted by Gasteiger charge is -2.05. The van der Waals surface area contributed by atoms with Crippen molar-refractivity contribution < 1.29 is 9.90 Å². The van der Waals surface area contributed by atoms with Crippen molar-refractivity contribution in [3.8, 4) is 5.75 Å². The summed E-state index contributed by atoms with van der Waals surface area (Å²) in [5.41, 5.74) is 4.87. The molecule has 2 rings (SSSR count). The van der Waals surface area contributed by atoms with Gasteiger partial charge in [0, 0.05) is 17.0 Å². The molecule has 2 aromatic rings. The summed E-state index contributed by atoms with van der Waals surface area (Å²) in [7, 11) is 0. The molecular formula is C15H16N4O2. The Morgan fingerprint density at radius 3 is 2.43 bits per heavy atom. The maximum absolute atomic E-state index is 12.0. The van der Waals surface area contributed by atoms with Crippen molar-refractivity contribution in [2.24, 2.45) is 5.10 Å². The van der Waals surface area contributed by atoms with Gasteiger partial charge in [0.25, 0.3) is 0 Å². The number of hydrogen-bond acceptors (Lipinski definition) is 5. The molecule has 2 N–H and O–H groups in total. The number of aromatic hydroxyl groups is 1. The molecule has 1 amide bonds. The van der Waals surface area contributed by atoms with Gasteiger partial charge in [-0.15, -0.1) is 0 Å². The van der Waals surface area contributed by atoms with Crippen molar-refractivity contribution in [1.82, 2.24) is 15.4 Å². The minimum Gasteiger partial charge on any atom is -0.507 e. The van der Waals surface area contributed by atoms with Gasteiger partial charge in [0.1, 0.15) is 5.75 Å². The second-order valence-corrected chi connectivity index (χ2v) is 4.63. The lowest BCUT2D eigenvalue weighted by atomic mass is 10.1. The van der Waals surface area contributed by atoms with E-state index >= 15 is 0 Å². The first kappa shape index (κ1) is 14.6. The molecule has 0 radical (unpaired) electrons. The molecule has 1 heterocycles. The number of phenolic OH excluding ortho intramolecular Hbond substituents is 1. The van der Waals surface area contributed by atoms with E-state index in [4.69, 9.17) is 0 Å². The summed E-state index contributed by atoms with van der Waals surface area (Å²) in [5, 5.41) is 13.7. The monoisotopic (exact) mass is 284 g/mol. The molecule has 0 saturated heterocycles. The third-order valence-electron chi connectivity index (χ3n) is 2.80. The molecule has 6 heteroatoms. The highest BCUT2D eigenvalue weighted by Crippen LogP contribution is 2.16. The van der Waals surface area contributed by atoms with Crippen LogP contribution in [0.1, 0.15) is 34.5 Å². The summed E-state index contributed by atoms with van der Waals surface area (Å²) in [6.07, 6.45) is 0. The lowest BCUT2D eigenvalue weighted by Crippen LogP contribution is -2.22. The first-order chi connectivity index (χ1) is 9.97. The van der Waals surface area contributed by atoms with E-state index in [0.717, 1.165) is 0 Å². The molecule has 0 aliphatic rings. The molecule has 1 aromatic carbocycles. The van der Waals surface area contributed by atoms with Crippen LogP contribution in [-0.4, -0.2) is 26.7 Å². The summed E-state index contributed by atoms with van der Waals surface area (Å²) in [4.78, 5) is 20.1. The quantitative estimate of drug-likeness (QED) is 0.666. The molecule has 0 saturated carbocycles. The van der Waals surface area contributed by atoms with Crippen molar-refractivity contribution in [1.29, 1.82) is 0 Å². The Labute approximate surface area is 122 Å². The van der Waals surface area contributed by atoms with Crippen LogP contribution in [0.4, 0.5) is 0 Å². The molecule has 0 atom stereocenters. The fraction of sp³-hybridized carbons (Fsp3) is 0.200. The van der Waals surface area contributed by atoms with Gasteiger partial charge in [-0.05, 0) is 39.0 Å². The minimum absolute atomic E-state index is 0.0707. The molecule has 0 unspecified atom stereocenters. The number of para-hydroxylation sites is 1. The molecule has 0 bridgehead atoms. The molecular weight excluding hydrogens is 268 g/mol. The number of carbonyl (C=O) groups is 1. The van der Waals surface area contributed by atoms with Gasteiger partial charge in [0.05, 0.1) is 5.71 Å². The lowest BCUT2D eigenvalue weighted by molar-refractivity contribution is 0.0944. The number of aryl methyl sites for hydroxylation is 2. The Kier molecular flexibility index (Phi) is 4.27. The summed E-state index contributed by atoms with van der Waals surface area (Å²) >= 11 is 0. The topological polar surface area (TPSA) is 87.5 Å². The van der Waals surface area contributed by atoms with Crippen LogP contribution in [0.2, 0.25) is 0 Å². The van der Waals surface area contributed by atoms with Gasteiger partial charge < -0.3 is 5.11 Å². The predicted octanol–water partition coefficient (Wildman–Crippen LogP) is 1.95. The first-order valence-corrected chi connectivity index (χ1v) is 6.42. The van der Waals surface area contributed by atoms with E-state index < -0.39 is 5.91 Å². The Morgan fingerprint density at radius 2 is 1.81 bits per heavy atom. The highest BCUT2D eigenvalue weighted by Gasteiger charge is 2.10. The fourth-order valence-electron chi connectivity index (χ4n) is 1.85. The number of phenols is 1. The van der Waals surface area contributed by atoms with Crippen LogP contribution >= 0.6 is 0 Å². The van der Waals surface area contributed by atoms with Crippen LogP contribution in [0, 0.1) is 13.8 Å². The number of hydrazone groups is 1. The van der Waals surface area contributed by atoms with Gasteiger partial charge in [-0.3, -0.25) is 4.79 Å². The van der Waals surface area contributed by atoms with Crippen molar-refractivity contribution in [2.75, 3.05) is 0 Å². The number of carbonyl (C=O) groups excluding carboxylic acids is 1. The van der Waals surface area contributed by atoms with Gasteiger partial charge >= 0.3 is 5.91 Å². The molecule has 0 spiro atoms. The maximum Gasteiger partial charge on any atom is 0.309 e. The Balaban J connectivity index is 2.16. The fourth-order valence-corrected chi connectivity index (χ4v) is 1.85. The second kappa shape index (κ2) is 6.13. The van der Waals surface area contributed by atoms with Crippen LogP contribution in [0.15, 0.2) is 35.4 Å². The summed E-state index contributed by atoms with van der Waals surface area (Å²) in [5.74, 6) is -0.312. The molecule has 0 aliphatic heterocycles. The van der Waals surface area contributed by atoms with Gasteiger partial charge in [-0.2, -0.15) is 5.10 Å². The molecule has 21 heavy (non-hydrogen) atoms. The number of aromatic nitrogens is 2. The smallest absolute Gasteiger partial charge is 0.309 e. The SMILES string of the molecule is C/C(=N/NC(=O)c1nc(C)cc(C)n1)c1ccccc1O. The van der Waals surface area contributed by atoms with Crippen LogP contribution < -0.4 is 5.43 Å². The molecule has 0 fully saturated rings. The molecule has 1 aromatic heterocycles. The number of amides is 1. The van der Waals surface area contributed by atoms with E-state index in [1.165, 1.54) is 0 Å². The first-order valence-electron chi connectivity index (χ1n) is 6.42. The number of rotatable bonds is 3. The Bertz CT molecular complexity index is 690. The third-order valence-corrected chi connectivity index (χ3v) is 2.80. The maximum atomic E-state index is 12.0. The van der Waals surface area contributed by atoms with Crippen molar-refractivity contribution in [2.45, 2.75) is 20.8 Å². The van der Waals surface area contributed by atoms with Crippen molar-refractivity contribution >= 4 is 11.6 Å². The van der Waals surface area contributed by atoms with Crippen LogP contribution in [0.3, 0.4) is 0 Å². The zero-order valence-electron chi connectivity index (χ0n) is 12.1. The summed E-state index contributed by atoms with van der Waals surface area (Å²) in [6.45, 7) is 5.28. The number of benzene rings is 1. The average molecular weight is 284 g/mol.